The molecular formula is C16H16BrN. The molecule has 3 aliphatic carbocycles. The van der Waals surface area contributed by atoms with Crippen LogP contribution in [-0.2, 0) is 0 Å². The number of halogens is 1. The van der Waals surface area contributed by atoms with Gasteiger partial charge >= 0.3 is 0 Å². The Bertz CT molecular complexity index is 541. The molecule has 2 heteroatoms. The van der Waals surface area contributed by atoms with Crippen LogP contribution in [0.1, 0.15) is 31.4 Å². The molecule has 2 bridgehead atoms. The van der Waals surface area contributed by atoms with Gasteiger partial charge in [0.2, 0.25) is 0 Å². The molecule has 0 saturated heterocycles. The van der Waals surface area contributed by atoms with Crippen LogP contribution in [-0.4, -0.2) is 4.98 Å². The van der Waals surface area contributed by atoms with E-state index in [4.69, 9.17) is 0 Å². The third-order valence-electron chi connectivity index (χ3n) is 4.91. The maximum absolute atomic E-state index is 4.53. The Labute approximate surface area is 116 Å². The monoisotopic (exact) mass is 301 g/mol. The normalized spacial score (nSPS) is 33.1. The number of pyridine rings is 1. The average Bonchev–Trinajstić information content (AvgIpc) is 3.01. The Balaban J connectivity index is 1.67. The summed E-state index contributed by atoms with van der Waals surface area (Å²) >= 11 is 3.45. The van der Waals surface area contributed by atoms with E-state index in [-0.39, 0.29) is 0 Å². The van der Waals surface area contributed by atoms with Gasteiger partial charge in [0.05, 0.1) is 5.69 Å². The second kappa shape index (κ2) is 4.06. The van der Waals surface area contributed by atoms with Crippen LogP contribution in [0.25, 0.3) is 5.57 Å². The summed E-state index contributed by atoms with van der Waals surface area (Å²) < 4.78 is 1.05. The number of hydrogen-bond acceptors (Lipinski definition) is 1. The molecule has 1 heterocycles. The number of fused-ring (bicyclic) bond motifs is 5. The Morgan fingerprint density at radius 1 is 1.17 bits per heavy atom. The van der Waals surface area contributed by atoms with Gasteiger partial charge in [0, 0.05) is 10.7 Å². The molecule has 0 N–H and O–H groups in total. The second-order valence-corrected chi connectivity index (χ2v) is 6.72. The molecule has 0 aliphatic heterocycles. The van der Waals surface area contributed by atoms with Gasteiger partial charge in [-0.15, -0.1) is 0 Å². The number of allylic oxidation sites excluding steroid dienone is 4. The van der Waals surface area contributed by atoms with Gasteiger partial charge in [0.25, 0.3) is 0 Å². The highest BCUT2D eigenvalue weighted by Gasteiger charge is 2.44. The fraction of sp³-hybridized carbons (Fsp3) is 0.438. The Hall–Kier alpha value is -0.890. The van der Waals surface area contributed by atoms with Crippen LogP contribution in [0.15, 0.2) is 40.5 Å². The first kappa shape index (κ1) is 11.0. The summed E-state index contributed by atoms with van der Waals surface area (Å²) in [4.78, 5) is 4.53. The van der Waals surface area contributed by atoms with Gasteiger partial charge in [-0.3, -0.25) is 4.98 Å². The predicted octanol–water partition coefficient (Wildman–Crippen LogP) is 4.60. The summed E-state index contributed by atoms with van der Waals surface area (Å²) in [6, 6.07) is 4.21. The molecule has 3 unspecified atom stereocenters. The van der Waals surface area contributed by atoms with Crippen molar-refractivity contribution in [2.75, 3.05) is 0 Å². The van der Waals surface area contributed by atoms with E-state index in [9.17, 15) is 0 Å². The van der Waals surface area contributed by atoms with Gasteiger partial charge in [-0.25, -0.2) is 0 Å². The largest absolute Gasteiger partial charge is 0.255 e. The fourth-order valence-corrected chi connectivity index (χ4v) is 4.30. The van der Waals surface area contributed by atoms with E-state index in [1.165, 1.54) is 31.3 Å². The lowest BCUT2D eigenvalue weighted by molar-refractivity contribution is 0.410. The standard InChI is InChI=1S/C16H16BrN/c17-13-4-6-16(18-9-13)12-3-5-14-10-1-2-11(7-10)15(14)8-12/h3-6,9-11,15H,1-2,7-8H2. The van der Waals surface area contributed by atoms with Crippen LogP contribution >= 0.6 is 15.9 Å². The quantitative estimate of drug-likeness (QED) is 0.738. The van der Waals surface area contributed by atoms with E-state index in [2.05, 4.69) is 45.2 Å². The van der Waals surface area contributed by atoms with Crippen LogP contribution in [0.5, 0.6) is 0 Å². The Morgan fingerprint density at radius 3 is 2.94 bits per heavy atom. The molecular weight excluding hydrogens is 286 g/mol. The lowest BCUT2D eigenvalue weighted by Crippen LogP contribution is -2.16. The molecule has 0 amide bonds. The maximum Gasteiger partial charge on any atom is 0.0662 e. The van der Waals surface area contributed by atoms with Crippen LogP contribution < -0.4 is 0 Å². The summed E-state index contributed by atoms with van der Waals surface area (Å²) in [5, 5.41) is 0. The highest BCUT2D eigenvalue weighted by atomic mass is 79.9. The van der Waals surface area contributed by atoms with Crippen molar-refractivity contribution in [3.05, 3.63) is 46.2 Å². The number of rotatable bonds is 1. The van der Waals surface area contributed by atoms with E-state index in [0.717, 1.165) is 27.9 Å². The van der Waals surface area contributed by atoms with Gasteiger partial charge in [-0.05, 0) is 77.1 Å². The van der Waals surface area contributed by atoms with E-state index in [1.807, 2.05) is 6.20 Å². The SMILES string of the molecule is Brc1ccc(C2=CC=C3C4CCC(C4)C3C2)nc1. The molecule has 3 atom stereocenters. The average molecular weight is 302 g/mol. The van der Waals surface area contributed by atoms with Crippen molar-refractivity contribution < 1.29 is 0 Å². The maximum atomic E-state index is 4.53. The highest BCUT2D eigenvalue weighted by Crippen LogP contribution is 2.55. The van der Waals surface area contributed by atoms with Crippen molar-refractivity contribution in [3.63, 3.8) is 0 Å². The third kappa shape index (κ3) is 1.62. The lowest BCUT2D eigenvalue weighted by Gasteiger charge is -2.28. The van der Waals surface area contributed by atoms with E-state index < -0.39 is 0 Å². The van der Waals surface area contributed by atoms with Crippen molar-refractivity contribution >= 4 is 21.5 Å². The summed E-state index contributed by atoms with van der Waals surface area (Å²) in [7, 11) is 0. The topological polar surface area (TPSA) is 12.9 Å². The third-order valence-corrected chi connectivity index (χ3v) is 5.38. The predicted molar refractivity (Wildman–Crippen MR) is 76.9 cm³/mol. The minimum atomic E-state index is 0.828. The molecule has 92 valence electrons. The molecule has 1 aromatic rings. The molecule has 2 fully saturated rings. The molecule has 0 radical (unpaired) electrons. The molecule has 3 aliphatic rings. The number of hydrogen-bond donors (Lipinski definition) is 0. The van der Waals surface area contributed by atoms with Crippen molar-refractivity contribution in [1.29, 1.82) is 0 Å². The van der Waals surface area contributed by atoms with E-state index in [0.29, 0.717) is 0 Å². The zero-order chi connectivity index (χ0) is 12.1. The summed E-state index contributed by atoms with van der Waals surface area (Å²) in [6.45, 7) is 0. The smallest absolute Gasteiger partial charge is 0.0662 e. The Morgan fingerprint density at radius 2 is 2.11 bits per heavy atom. The summed E-state index contributed by atoms with van der Waals surface area (Å²) in [5.41, 5.74) is 4.31. The first-order valence-electron chi connectivity index (χ1n) is 6.84. The molecule has 4 rings (SSSR count). The minimum absolute atomic E-state index is 0.828. The van der Waals surface area contributed by atoms with Gasteiger partial charge in [-0.1, -0.05) is 17.7 Å². The van der Waals surface area contributed by atoms with Crippen LogP contribution in [0.2, 0.25) is 0 Å². The van der Waals surface area contributed by atoms with Gasteiger partial charge in [-0.2, -0.15) is 0 Å². The van der Waals surface area contributed by atoms with E-state index >= 15 is 0 Å². The van der Waals surface area contributed by atoms with Crippen molar-refractivity contribution in [2.24, 2.45) is 17.8 Å². The molecule has 0 aromatic carbocycles. The summed E-state index contributed by atoms with van der Waals surface area (Å²) in [6.07, 6.45) is 12.2. The molecule has 18 heavy (non-hydrogen) atoms. The van der Waals surface area contributed by atoms with Gasteiger partial charge < -0.3 is 0 Å². The van der Waals surface area contributed by atoms with Gasteiger partial charge in [0.1, 0.15) is 0 Å². The van der Waals surface area contributed by atoms with Crippen molar-refractivity contribution in [1.82, 2.24) is 4.98 Å². The number of nitrogens with zero attached hydrogens (tertiary/aromatic N) is 1. The zero-order valence-electron chi connectivity index (χ0n) is 10.3. The molecule has 0 spiro atoms. The van der Waals surface area contributed by atoms with Gasteiger partial charge in [0.15, 0.2) is 0 Å². The second-order valence-electron chi connectivity index (χ2n) is 5.80. The van der Waals surface area contributed by atoms with Crippen LogP contribution in [0.4, 0.5) is 0 Å². The fourth-order valence-electron chi connectivity index (χ4n) is 4.06. The molecule has 1 aromatic heterocycles. The first-order valence-corrected chi connectivity index (χ1v) is 7.63. The molecule has 1 nitrogen and oxygen atoms in total. The zero-order valence-corrected chi connectivity index (χ0v) is 11.9. The number of aromatic nitrogens is 1. The molecule has 2 saturated carbocycles. The highest BCUT2D eigenvalue weighted by molar-refractivity contribution is 9.10. The first-order chi connectivity index (χ1) is 8.81. The van der Waals surface area contributed by atoms with E-state index in [1.54, 1.807) is 5.57 Å². The van der Waals surface area contributed by atoms with Crippen molar-refractivity contribution in [3.8, 4) is 0 Å². The van der Waals surface area contributed by atoms with Crippen LogP contribution in [0.3, 0.4) is 0 Å². The lowest BCUT2D eigenvalue weighted by atomic mass is 9.77. The summed E-state index contributed by atoms with van der Waals surface area (Å²) in [5.74, 6) is 2.70. The minimum Gasteiger partial charge on any atom is -0.255 e. The Kier molecular flexibility index (Phi) is 2.47. The van der Waals surface area contributed by atoms with Crippen LogP contribution in [0, 0.1) is 17.8 Å². The van der Waals surface area contributed by atoms with Crippen molar-refractivity contribution in [2.45, 2.75) is 25.7 Å².